The van der Waals surface area contributed by atoms with E-state index in [0.717, 1.165) is 101 Å². The van der Waals surface area contributed by atoms with Crippen LogP contribution in [0.1, 0.15) is 391 Å². The van der Waals surface area contributed by atoms with E-state index >= 15 is 0 Å². The highest BCUT2D eigenvalue weighted by atomic mass is 15.3. The lowest BCUT2D eigenvalue weighted by atomic mass is 9.70. The molecule has 16 bridgehead atoms. The third-order valence-corrected chi connectivity index (χ3v) is 30.0. The molecule has 0 aromatic heterocycles. The van der Waals surface area contributed by atoms with E-state index in [1.807, 2.05) is 0 Å². The van der Waals surface area contributed by atoms with E-state index in [9.17, 15) is 0 Å². The molecule has 0 amide bonds. The number of piperidine rings is 6. The average molecular weight is 1410 g/mol. The number of nitrogens with one attached hydrogen (secondary N) is 1. The molecule has 7 saturated carbocycles. The van der Waals surface area contributed by atoms with Gasteiger partial charge in [-0.25, -0.2) is 0 Å². The molecular weight excluding hydrogens is 1230 g/mol. The predicted molar refractivity (Wildman–Crippen MR) is 441 cm³/mol. The van der Waals surface area contributed by atoms with Gasteiger partial charge in [0.2, 0.25) is 0 Å². The molecular formula is C93H178N8. The smallest absolute Gasteiger partial charge is 0.0130 e. The number of nitrogens with zero attached hydrogens (tertiary/aromatic N) is 7. The molecule has 11 saturated heterocycles. The van der Waals surface area contributed by atoms with Crippen LogP contribution in [0, 0.1) is 64.6 Å². The van der Waals surface area contributed by atoms with E-state index < -0.39 is 0 Å². The Morgan fingerprint density at radius 1 is 0.238 bits per heavy atom. The second kappa shape index (κ2) is 35.8. The number of hydrogen-bond donors (Lipinski definition) is 1. The van der Waals surface area contributed by atoms with E-state index in [2.05, 4.69) is 206 Å². The van der Waals surface area contributed by atoms with Crippen molar-refractivity contribution >= 4 is 0 Å². The maximum absolute atomic E-state index is 3.67. The zero-order valence-electron chi connectivity index (χ0n) is 72.6. The number of rotatable bonds is 0. The largest absolute Gasteiger partial charge is 0.314 e. The van der Waals surface area contributed by atoms with Crippen LogP contribution in [0.4, 0.5) is 0 Å². The molecule has 18 rings (SSSR count). The summed E-state index contributed by atoms with van der Waals surface area (Å²) in [5, 5.41) is 3.67. The zero-order valence-corrected chi connectivity index (χ0v) is 72.6. The predicted octanol–water partition coefficient (Wildman–Crippen LogP) is 22.8. The molecule has 0 aromatic carbocycles. The molecule has 590 valence electrons. The molecule has 8 heteroatoms. The second-order valence-electron chi connectivity index (χ2n) is 45.9. The molecule has 0 spiro atoms. The molecule has 18 fully saturated rings. The molecule has 11 heterocycles. The topological polar surface area (TPSA) is 34.7 Å². The van der Waals surface area contributed by atoms with Crippen molar-refractivity contribution in [3.63, 3.8) is 0 Å². The average Bonchev–Trinajstić information content (AvgIpc) is 1.61. The van der Waals surface area contributed by atoms with Crippen LogP contribution in [0.5, 0.6) is 0 Å². The molecule has 11 aliphatic heterocycles. The fraction of sp³-hybridized carbons (Fsp3) is 1.00. The molecule has 0 radical (unpaired) electrons. The first kappa shape index (κ1) is 84.7. The summed E-state index contributed by atoms with van der Waals surface area (Å²) in [6.45, 7) is 68.9. The lowest BCUT2D eigenvalue weighted by Gasteiger charge is -2.51. The van der Waals surface area contributed by atoms with Crippen molar-refractivity contribution < 1.29 is 0 Å². The van der Waals surface area contributed by atoms with Gasteiger partial charge in [-0.15, -0.1) is 0 Å². The van der Waals surface area contributed by atoms with Gasteiger partial charge in [-0.3, -0.25) is 34.3 Å². The Morgan fingerprint density at radius 2 is 0.594 bits per heavy atom. The normalized spacial score (nSPS) is 37.1. The Hall–Kier alpha value is -0.320. The summed E-state index contributed by atoms with van der Waals surface area (Å²) in [5.41, 5.74) is 3.31. The third kappa shape index (κ3) is 24.6. The zero-order chi connectivity index (χ0) is 73.7. The van der Waals surface area contributed by atoms with Crippen LogP contribution in [-0.2, 0) is 0 Å². The Labute approximate surface area is 631 Å². The van der Waals surface area contributed by atoms with E-state index in [1.165, 1.54) is 284 Å². The Bertz CT molecular complexity index is 2290. The lowest BCUT2D eigenvalue weighted by Crippen LogP contribution is -2.56. The molecule has 1 N–H and O–H groups in total. The number of hydrogen-bond acceptors (Lipinski definition) is 8. The molecule has 101 heavy (non-hydrogen) atoms. The van der Waals surface area contributed by atoms with Crippen LogP contribution in [0.15, 0.2) is 0 Å². The Morgan fingerprint density at radius 3 is 1.04 bits per heavy atom. The van der Waals surface area contributed by atoms with Crippen LogP contribution < -0.4 is 5.32 Å². The Kier molecular flexibility index (Phi) is 30.0. The van der Waals surface area contributed by atoms with E-state index in [-0.39, 0.29) is 0 Å². The molecule has 7 aliphatic carbocycles. The van der Waals surface area contributed by atoms with Gasteiger partial charge in [0.15, 0.2) is 0 Å². The maximum Gasteiger partial charge on any atom is 0.0130 e. The Balaban J connectivity index is 0.000000135. The van der Waals surface area contributed by atoms with E-state index in [1.54, 1.807) is 0 Å². The van der Waals surface area contributed by atoms with Gasteiger partial charge in [-0.05, 0) is 422 Å². The monoisotopic (exact) mass is 1410 g/mol. The van der Waals surface area contributed by atoms with Crippen LogP contribution in [0.2, 0.25) is 0 Å². The van der Waals surface area contributed by atoms with Gasteiger partial charge in [0, 0.05) is 114 Å². The summed E-state index contributed by atoms with van der Waals surface area (Å²) in [4.78, 5) is 19.1. The number of likely N-dealkylation sites (tertiary alicyclic amines) is 4. The van der Waals surface area contributed by atoms with Gasteiger partial charge in [0.25, 0.3) is 0 Å². The summed E-state index contributed by atoms with van der Waals surface area (Å²) in [6, 6.07) is 6.33. The highest BCUT2D eigenvalue weighted by Gasteiger charge is 2.47. The fourth-order valence-electron chi connectivity index (χ4n) is 24.8. The minimum Gasteiger partial charge on any atom is -0.314 e. The van der Waals surface area contributed by atoms with E-state index in [4.69, 9.17) is 0 Å². The summed E-state index contributed by atoms with van der Waals surface area (Å²) in [5.74, 6) is 10.2. The SMILES string of the molecule is CC(C)(C)C1C2CCNC1CC2.CC(C)(C)N1C2CCCC1CC2.CC(C)(C)N1CC2CCC1C2.CC(C)(C)N1CC2CCC1CC2.CC(C)(C)N1CC2CCCC(CC2)C1.CC(C)(C)N1CCC2CCC1CC2.CC(C)(C)N1CCC2CCCC(C2)C1.CC(C)(C)N1CCC2CCCC1C2. The van der Waals surface area contributed by atoms with Crippen LogP contribution >= 0.6 is 0 Å². The first-order valence-electron chi connectivity index (χ1n) is 45.2. The fourth-order valence-corrected chi connectivity index (χ4v) is 24.8. The summed E-state index contributed by atoms with van der Waals surface area (Å²) in [6.07, 6.45) is 51.6. The van der Waals surface area contributed by atoms with Crippen molar-refractivity contribution in [2.24, 2.45) is 64.6 Å². The second-order valence-corrected chi connectivity index (χ2v) is 45.9. The standard InChI is InChI=1S/2C13H25N.2C12H23N.3C11H21N.C10H19N/c1-13(2,3)14-8-7-11-5-4-6-12(9-11)10-14;1-13(2,3)14-9-11-5-4-6-12(10-14)8-7-11;1-12(2,3)13-9-8-10-4-6-11(13)7-5-10;1-12(2,3)13-8-7-10-5-4-6-11(13)9-10;1-11(2,3)12-8-9-4-6-10(12)7-5-9;1-11(2,3)10-8-4-5-9(10)12-7-6-8;1-11(2,3)12-9-5-4-6-10(12)8-7-9;1-10(2,3)11-7-8-4-5-9(11)6-8/h2*11-12H,4-10H2,1-3H3;2*10-11H,4-9H2,1-3H3;9-10H,4-8H2,1-3H3;8-10,12H,4-7H2,1-3H3;9-10H,4-8H2,1-3H3;8-9H,4-7H2,1-3H3. The van der Waals surface area contributed by atoms with Gasteiger partial charge in [-0.2, -0.15) is 0 Å². The van der Waals surface area contributed by atoms with Gasteiger partial charge in [0.05, 0.1) is 0 Å². The van der Waals surface area contributed by atoms with Crippen molar-refractivity contribution in [2.45, 2.75) is 472 Å². The summed E-state index contributed by atoms with van der Waals surface area (Å²) >= 11 is 0. The number of fused-ring (bicyclic) bond motifs is 20. The molecule has 8 nitrogen and oxygen atoms in total. The van der Waals surface area contributed by atoms with Crippen LogP contribution in [0.25, 0.3) is 0 Å². The first-order valence-corrected chi connectivity index (χ1v) is 45.2. The molecule has 0 aromatic rings. The molecule has 18 aliphatic rings. The van der Waals surface area contributed by atoms with Crippen molar-refractivity contribution in [3.8, 4) is 0 Å². The van der Waals surface area contributed by atoms with Gasteiger partial charge < -0.3 is 5.32 Å². The third-order valence-electron chi connectivity index (χ3n) is 30.0. The summed E-state index contributed by atoms with van der Waals surface area (Å²) < 4.78 is 0. The summed E-state index contributed by atoms with van der Waals surface area (Å²) in [7, 11) is 0. The van der Waals surface area contributed by atoms with Crippen LogP contribution in [0.3, 0.4) is 0 Å². The van der Waals surface area contributed by atoms with Gasteiger partial charge >= 0.3 is 0 Å². The minimum absolute atomic E-state index is 0.386. The molecule has 13 unspecified atom stereocenters. The van der Waals surface area contributed by atoms with Gasteiger partial charge in [-0.1, -0.05) is 59.3 Å². The first-order chi connectivity index (χ1) is 47.1. The van der Waals surface area contributed by atoms with Crippen molar-refractivity contribution in [2.75, 3.05) is 58.9 Å². The van der Waals surface area contributed by atoms with Crippen LogP contribution in [-0.4, -0.2) is 174 Å². The van der Waals surface area contributed by atoms with Crippen molar-refractivity contribution in [1.82, 2.24) is 39.6 Å². The van der Waals surface area contributed by atoms with Crippen molar-refractivity contribution in [3.05, 3.63) is 0 Å². The quantitative estimate of drug-likeness (QED) is 0.257. The maximum atomic E-state index is 3.67. The highest BCUT2D eigenvalue weighted by Crippen LogP contribution is 2.48. The minimum atomic E-state index is 0.386. The molecule has 13 atom stereocenters. The van der Waals surface area contributed by atoms with E-state index in [0.29, 0.717) is 44.2 Å². The van der Waals surface area contributed by atoms with Gasteiger partial charge in [0.1, 0.15) is 0 Å². The van der Waals surface area contributed by atoms with Crippen molar-refractivity contribution in [1.29, 1.82) is 0 Å². The lowest BCUT2D eigenvalue weighted by molar-refractivity contribution is -0.0163. The highest BCUT2D eigenvalue weighted by molar-refractivity contribution is 5.02.